The molecule has 0 saturated heterocycles. The maximum Gasteiger partial charge on any atom is 0.409 e. The summed E-state index contributed by atoms with van der Waals surface area (Å²) in [6.45, 7) is 1.69. The van der Waals surface area contributed by atoms with E-state index >= 15 is 0 Å². The maximum absolute atomic E-state index is 11.9. The molecule has 7 nitrogen and oxygen atoms in total. The molecule has 0 radical (unpaired) electrons. The first-order chi connectivity index (χ1) is 10.4. The summed E-state index contributed by atoms with van der Waals surface area (Å²) >= 11 is 0. The van der Waals surface area contributed by atoms with E-state index in [0.717, 1.165) is 4.90 Å². The summed E-state index contributed by atoms with van der Waals surface area (Å²) in [5.41, 5.74) is 0.664. The third-order valence-electron chi connectivity index (χ3n) is 2.82. The van der Waals surface area contributed by atoms with Crippen molar-refractivity contribution in [2.45, 2.75) is 6.92 Å². The number of hydrogen-bond donors (Lipinski definition) is 1. The molecule has 0 aromatic heterocycles. The van der Waals surface area contributed by atoms with Gasteiger partial charge in [-0.3, -0.25) is 9.59 Å². The normalized spacial score (nSPS) is 9.77. The summed E-state index contributed by atoms with van der Waals surface area (Å²) in [6.07, 6.45) is -0.571. The Morgan fingerprint density at radius 1 is 1.05 bits per heavy atom. The maximum atomic E-state index is 11.9. The number of benzene rings is 1. The second-order valence-corrected chi connectivity index (χ2v) is 4.72. The summed E-state index contributed by atoms with van der Waals surface area (Å²) in [4.78, 5) is 37.6. The third-order valence-corrected chi connectivity index (χ3v) is 2.82. The van der Waals surface area contributed by atoms with Crippen LogP contribution in [0.2, 0.25) is 0 Å². The molecule has 22 heavy (non-hydrogen) atoms. The van der Waals surface area contributed by atoms with Gasteiger partial charge in [0.15, 0.2) is 0 Å². The van der Waals surface area contributed by atoms with Crippen LogP contribution in [0.1, 0.15) is 6.92 Å². The lowest BCUT2D eigenvalue weighted by molar-refractivity contribution is -0.133. The molecule has 0 atom stereocenters. The number of ether oxygens (including phenoxy) is 1. The van der Waals surface area contributed by atoms with Crippen molar-refractivity contribution in [2.24, 2.45) is 0 Å². The molecule has 0 spiro atoms. The van der Waals surface area contributed by atoms with Gasteiger partial charge in [-0.2, -0.15) is 0 Å². The number of rotatable bonds is 6. The van der Waals surface area contributed by atoms with Crippen LogP contribution in [0, 0.1) is 0 Å². The number of para-hydroxylation sites is 1. The molecule has 0 aliphatic rings. The van der Waals surface area contributed by atoms with E-state index in [1.54, 1.807) is 31.2 Å². The highest BCUT2D eigenvalue weighted by Gasteiger charge is 2.18. The first-order valence-electron chi connectivity index (χ1n) is 6.90. The lowest BCUT2D eigenvalue weighted by Gasteiger charge is -2.21. The molecule has 0 aliphatic heterocycles. The molecule has 1 rings (SSSR count). The Morgan fingerprint density at radius 3 is 2.27 bits per heavy atom. The molecule has 0 heterocycles. The summed E-state index contributed by atoms with van der Waals surface area (Å²) in [5.74, 6) is -0.653. The standard InChI is InChI=1S/C15H21N3O4/c1-4-22-15(21)18(3)11-14(20)17(2)10-13(19)16-12-8-6-5-7-9-12/h5-9H,4,10-11H2,1-3H3,(H,16,19). The molecule has 0 aliphatic carbocycles. The fourth-order valence-electron chi connectivity index (χ4n) is 1.65. The lowest BCUT2D eigenvalue weighted by atomic mass is 10.3. The zero-order valence-electron chi connectivity index (χ0n) is 13.0. The van der Waals surface area contributed by atoms with Crippen LogP contribution < -0.4 is 5.32 Å². The summed E-state index contributed by atoms with van der Waals surface area (Å²) in [7, 11) is 2.97. The second-order valence-electron chi connectivity index (χ2n) is 4.72. The number of nitrogens with zero attached hydrogens (tertiary/aromatic N) is 2. The smallest absolute Gasteiger partial charge is 0.409 e. The van der Waals surface area contributed by atoms with Crippen LogP contribution in [0.25, 0.3) is 0 Å². The predicted octanol–water partition coefficient (Wildman–Crippen LogP) is 1.17. The predicted molar refractivity (Wildman–Crippen MR) is 82.4 cm³/mol. The van der Waals surface area contributed by atoms with Crippen LogP contribution in [0.4, 0.5) is 10.5 Å². The van der Waals surface area contributed by atoms with E-state index in [9.17, 15) is 14.4 Å². The van der Waals surface area contributed by atoms with E-state index in [1.165, 1.54) is 19.0 Å². The van der Waals surface area contributed by atoms with Gasteiger partial charge >= 0.3 is 6.09 Å². The highest BCUT2D eigenvalue weighted by molar-refractivity contribution is 5.94. The SMILES string of the molecule is CCOC(=O)N(C)CC(=O)N(C)CC(=O)Nc1ccccc1. The van der Waals surface area contributed by atoms with E-state index < -0.39 is 6.09 Å². The fourth-order valence-corrected chi connectivity index (χ4v) is 1.65. The van der Waals surface area contributed by atoms with E-state index in [0.29, 0.717) is 5.69 Å². The summed E-state index contributed by atoms with van der Waals surface area (Å²) in [6, 6.07) is 8.97. The topological polar surface area (TPSA) is 79.0 Å². The zero-order valence-corrected chi connectivity index (χ0v) is 13.0. The quantitative estimate of drug-likeness (QED) is 0.855. The number of carbonyl (C=O) groups excluding carboxylic acids is 3. The second kappa shape index (κ2) is 8.66. The van der Waals surface area contributed by atoms with Crippen molar-refractivity contribution in [2.75, 3.05) is 39.1 Å². The van der Waals surface area contributed by atoms with Crippen LogP contribution in [-0.4, -0.2) is 61.5 Å². The minimum atomic E-state index is -0.571. The van der Waals surface area contributed by atoms with Crippen LogP contribution >= 0.6 is 0 Å². The number of nitrogens with one attached hydrogen (secondary N) is 1. The van der Waals surface area contributed by atoms with E-state index in [4.69, 9.17) is 4.74 Å². The monoisotopic (exact) mass is 307 g/mol. The molecule has 0 unspecified atom stereocenters. The van der Waals surface area contributed by atoms with E-state index in [-0.39, 0.29) is 31.5 Å². The first-order valence-corrected chi connectivity index (χ1v) is 6.90. The molecule has 1 aromatic rings. The number of carbonyl (C=O) groups is 3. The van der Waals surface area contributed by atoms with Crippen molar-refractivity contribution in [1.82, 2.24) is 9.80 Å². The summed E-state index contributed by atoms with van der Waals surface area (Å²) < 4.78 is 4.78. The van der Waals surface area contributed by atoms with Gasteiger partial charge in [-0.15, -0.1) is 0 Å². The van der Waals surface area contributed by atoms with Crippen LogP contribution in [0.5, 0.6) is 0 Å². The van der Waals surface area contributed by atoms with Crippen LogP contribution in [0.3, 0.4) is 0 Å². The Kier molecular flexibility index (Phi) is 6.88. The van der Waals surface area contributed by atoms with E-state index in [2.05, 4.69) is 5.32 Å². The van der Waals surface area contributed by atoms with Gasteiger partial charge in [0.1, 0.15) is 6.54 Å². The van der Waals surface area contributed by atoms with Crippen LogP contribution in [-0.2, 0) is 14.3 Å². The van der Waals surface area contributed by atoms with Crippen molar-refractivity contribution in [3.8, 4) is 0 Å². The molecular formula is C15H21N3O4. The Balaban J connectivity index is 2.43. The van der Waals surface area contributed by atoms with Gasteiger partial charge in [-0.05, 0) is 19.1 Å². The van der Waals surface area contributed by atoms with Gasteiger partial charge in [0.05, 0.1) is 13.2 Å². The van der Waals surface area contributed by atoms with Crippen molar-refractivity contribution in [1.29, 1.82) is 0 Å². The highest BCUT2D eigenvalue weighted by Crippen LogP contribution is 2.04. The minimum absolute atomic E-state index is 0.0929. The Hall–Kier alpha value is -2.57. The Morgan fingerprint density at radius 2 is 1.68 bits per heavy atom. The third kappa shape index (κ3) is 5.82. The number of likely N-dealkylation sites (N-methyl/N-ethyl adjacent to an activating group) is 2. The van der Waals surface area contributed by atoms with Crippen molar-refractivity contribution in [3.63, 3.8) is 0 Å². The van der Waals surface area contributed by atoms with Gasteiger partial charge < -0.3 is 19.9 Å². The molecule has 7 heteroatoms. The van der Waals surface area contributed by atoms with Crippen molar-refractivity contribution in [3.05, 3.63) is 30.3 Å². The number of amides is 3. The zero-order chi connectivity index (χ0) is 16.5. The molecule has 120 valence electrons. The first kappa shape index (κ1) is 17.5. The number of hydrogen-bond acceptors (Lipinski definition) is 4. The minimum Gasteiger partial charge on any atom is -0.450 e. The van der Waals surface area contributed by atoms with E-state index in [1.807, 2.05) is 6.07 Å². The Bertz CT molecular complexity index is 519. The highest BCUT2D eigenvalue weighted by atomic mass is 16.6. The molecule has 1 N–H and O–H groups in total. The van der Waals surface area contributed by atoms with Gasteiger partial charge in [-0.1, -0.05) is 18.2 Å². The summed E-state index contributed by atoms with van der Waals surface area (Å²) in [5, 5.41) is 2.69. The lowest BCUT2D eigenvalue weighted by Crippen LogP contribution is -2.42. The molecule has 0 bridgehead atoms. The average Bonchev–Trinajstić information content (AvgIpc) is 2.48. The largest absolute Gasteiger partial charge is 0.450 e. The van der Waals surface area contributed by atoms with Gasteiger partial charge in [0, 0.05) is 19.8 Å². The number of anilines is 1. The molecular weight excluding hydrogens is 286 g/mol. The van der Waals surface area contributed by atoms with Crippen molar-refractivity contribution >= 4 is 23.6 Å². The molecule has 3 amide bonds. The molecule has 1 aromatic carbocycles. The van der Waals surface area contributed by atoms with Crippen LogP contribution in [0.15, 0.2) is 30.3 Å². The molecule has 0 fully saturated rings. The van der Waals surface area contributed by atoms with Gasteiger partial charge in [0.2, 0.25) is 11.8 Å². The van der Waals surface area contributed by atoms with Gasteiger partial charge in [-0.25, -0.2) is 4.79 Å². The average molecular weight is 307 g/mol. The molecule has 0 saturated carbocycles. The Labute approximate surface area is 129 Å². The fraction of sp³-hybridized carbons (Fsp3) is 0.400. The van der Waals surface area contributed by atoms with Crippen molar-refractivity contribution < 1.29 is 19.1 Å². The van der Waals surface area contributed by atoms with Gasteiger partial charge in [0.25, 0.3) is 0 Å².